The van der Waals surface area contributed by atoms with Crippen molar-refractivity contribution in [3.63, 3.8) is 0 Å². The fourth-order valence-corrected chi connectivity index (χ4v) is 1.85. The van der Waals surface area contributed by atoms with Crippen molar-refractivity contribution < 1.29 is 19.1 Å². The lowest BCUT2D eigenvalue weighted by Gasteiger charge is -2.06. The number of aliphatic hydroxyl groups is 1. The second kappa shape index (κ2) is 4.59. The van der Waals surface area contributed by atoms with Crippen LogP contribution in [0.3, 0.4) is 0 Å². The smallest absolute Gasteiger partial charge is 0.308 e. The predicted molar refractivity (Wildman–Crippen MR) is 62.5 cm³/mol. The van der Waals surface area contributed by atoms with Crippen LogP contribution in [0.25, 0.3) is 11.0 Å². The predicted octanol–water partition coefficient (Wildman–Crippen LogP) is 2.34. The number of hydrogen-bond acceptors (Lipinski definition) is 4. The Morgan fingerprint density at radius 2 is 2.18 bits per heavy atom. The summed E-state index contributed by atoms with van der Waals surface area (Å²) in [5.74, 6) is -0.0334. The van der Waals surface area contributed by atoms with Crippen molar-refractivity contribution in [1.82, 2.24) is 0 Å². The first-order valence-corrected chi connectivity index (χ1v) is 5.36. The number of methoxy groups -OCH3 is 1. The molecule has 0 fully saturated rings. The number of fused-ring (bicyclic) bond motifs is 1. The van der Waals surface area contributed by atoms with Crippen LogP contribution in [0.2, 0.25) is 0 Å². The molecule has 17 heavy (non-hydrogen) atoms. The number of benzene rings is 1. The second-order valence-corrected chi connectivity index (χ2v) is 3.88. The van der Waals surface area contributed by atoms with E-state index in [0.29, 0.717) is 11.3 Å². The Kier molecular flexibility index (Phi) is 3.15. The maximum atomic E-state index is 11.1. The number of carbonyl (C=O) groups is 1. The molecule has 0 saturated carbocycles. The zero-order valence-electron chi connectivity index (χ0n) is 9.77. The molecule has 1 atom stereocenters. The zero-order chi connectivity index (χ0) is 12.4. The minimum Gasteiger partial charge on any atom is -0.469 e. The molecule has 0 bridgehead atoms. The fraction of sp³-hybridized carbons (Fsp3) is 0.308. The summed E-state index contributed by atoms with van der Waals surface area (Å²) in [4.78, 5) is 11.1. The number of carbonyl (C=O) groups excluding carboxylic acids is 1. The average molecular weight is 234 g/mol. The summed E-state index contributed by atoms with van der Waals surface area (Å²) in [6.07, 6.45) is -1.06. The second-order valence-electron chi connectivity index (χ2n) is 3.88. The van der Waals surface area contributed by atoms with E-state index in [0.717, 1.165) is 10.9 Å². The highest BCUT2D eigenvalue weighted by molar-refractivity contribution is 5.82. The highest BCUT2D eigenvalue weighted by atomic mass is 16.5. The molecule has 1 aromatic carbocycles. The van der Waals surface area contributed by atoms with E-state index in [9.17, 15) is 9.90 Å². The van der Waals surface area contributed by atoms with Gasteiger partial charge in [0.15, 0.2) is 0 Å². The summed E-state index contributed by atoms with van der Waals surface area (Å²) in [7, 11) is 1.29. The van der Waals surface area contributed by atoms with Crippen molar-refractivity contribution in [3.05, 3.63) is 35.6 Å². The number of ether oxygens (including phenoxy) is 1. The maximum Gasteiger partial charge on any atom is 0.308 e. The summed E-state index contributed by atoms with van der Waals surface area (Å²) < 4.78 is 10.1. The fourth-order valence-electron chi connectivity index (χ4n) is 1.85. The van der Waals surface area contributed by atoms with Gasteiger partial charge >= 0.3 is 5.97 Å². The molecule has 0 saturated heterocycles. The first kappa shape index (κ1) is 11.7. The Morgan fingerprint density at radius 3 is 2.82 bits per heavy atom. The summed E-state index contributed by atoms with van der Waals surface area (Å²) in [5, 5.41) is 10.9. The van der Waals surface area contributed by atoms with Crippen LogP contribution in [0.4, 0.5) is 0 Å². The van der Waals surface area contributed by atoms with E-state index in [4.69, 9.17) is 4.42 Å². The molecule has 0 aliphatic heterocycles. The van der Waals surface area contributed by atoms with Crippen LogP contribution in [0, 0.1) is 6.92 Å². The monoisotopic (exact) mass is 234 g/mol. The number of rotatable bonds is 3. The van der Waals surface area contributed by atoms with Gasteiger partial charge in [0.2, 0.25) is 0 Å². The van der Waals surface area contributed by atoms with Gasteiger partial charge in [0, 0.05) is 10.9 Å². The SMILES string of the molecule is COC(=O)CC(O)c1oc2ccccc2c1C. The van der Waals surface area contributed by atoms with Crippen molar-refractivity contribution in [2.24, 2.45) is 0 Å². The van der Waals surface area contributed by atoms with Crippen LogP contribution < -0.4 is 0 Å². The van der Waals surface area contributed by atoms with Gasteiger partial charge in [-0.05, 0) is 13.0 Å². The number of furan rings is 1. The van der Waals surface area contributed by atoms with Gasteiger partial charge < -0.3 is 14.3 Å². The van der Waals surface area contributed by atoms with Crippen LogP contribution in [0.1, 0.15) is 23.8 Å². The lowest BCUT2D eigenvalue weighted by molar-refractivity contribution is -0.143. The Hall–Kier alpha value is -1.81. The van der Waals surface area contributed by atoms with E-state index in [2.05, 4.69) is 4.74 Å². The van der Waals surface area contributed by atoms with Crippen LogP contribution in [-0.2, 0) is 9.53 Å². The van der Waals surface area contributed by atoms with Crippen molar-refractivity contribution in [3.8, 4) is 0 Å². The lowest BCUT2D eigenvalue weighted by atomic mass is 10.1. The van der Waals surface area contributed by atoms with Gasteiger partial charge in [-0.3, -0.25) is 4.79 Å². The van der Waals surface area contributed by atoms with E-state index in [-0.39, 0.29) is 6.42 Å². The molecule has 1 heterocycles. The molecule has 1 N–H and O–H groups in total. The van der Waals surface area contributed by atoms with Crippen LogP contribution >= 0.6 is 0 Å². The van der Waals surface area contributed by atoms with Gasteiger partial charge in [0.05, 0.1) is 13.5 Å². The topological polar surface area (TPSA) is 59.7 Å². The molecule has 0 aliphatic carbocycles. The summed E-state index contributed by atoms with van der Waals surface area (Å²) >= 11 is 0. The molecule has 4 nitrogen and oxygen atoms in total. The van der Waals surface area contributed by atoms with Crippen molar-refractivity contribution in [2.75, 3.05) is 7.11 Å². The van der Waals surface area contributed by atoms with Gasteiger partial charge in [0.25, 0.3) is 0 Å². The Bertz CT molecular complexity index is 541. The number of aliphatic hydroxyl groups excluding tert-OH is 1. The van der Waals surface area contributed by atoms with E-state index in [1.54, 1.807) is 0 Å². The molecule has 0 amide bonds. The number of esters is 1. The molecule has 2 rings (SSSR count). The van der Waals surface area contributed by atoms with Crippen molar-refractivity contribution in [1.29, 1.82) is 0 Å². The zero-order valence-corrected chi connectivity index (χ0v) is 9.77. The number of hydrogen-bond donors (Lipinski definition) is 1. The van der Waals surface area contributed by atoms with Crippen molar-refractivity contribution >= 4 is 16.9 Å². The normalized spacial score (nSPS) is 12.6. The van der Waals surface area contributed by atoms with Crippen molar-refractivity contribution in [2.45, 2.75) is 19.4 Å². The van der Waals surface area contributed by atoms with E-state index >= 15 is 0 Å². The molecule has 1 unspecified atom stereocenters. The molecular weight excluding hydrogens is 220 g/mol. The molecule has 90 valence electrons. The largest absolute Gasteiger partial charge is 0.469 e. The van der Waals surface area contributed by atoms with Gasteiger partial charge in [-0.25, -0.2) is 0 Å². The minimum atomic E-state index is -0.963. The minimum absolute atomic E-state index is 0.100. The van der Waals surface area contributed by atoms with Crippen LogP contribution in [-0.4, -0.2) is 18.2 Å². The first-order chi connectivity index (χ1) is 8.13. The van der Waals surface area contributed by atoms with Crippen LogP contribution in [0.5, 0.6) is 0 Å². The quantitative estimate of drug-likeness (QED) is 0.828. The maximum absolute atomic E-state index is 11.1. The van der Waals surface area contributed by atoms with Gasteiger partial charge in [0.1, 0.15) is 17.4 Å². The van der Waals surface area contributed by atoms with E-state index in [1.807, 2.05) is 31.2 Å². The Balaban J connectivity index is 2.35. The average Bonchev–Trinajstić information content (AvgIpc) is 2.67. The third-order valence-corrected chi connectivity index (χ3v) is 2.77. The Labute approximate surface area is 98.8 Å². The standard InChI is InChI=1S/C13H14O4/c1-8-9-5-3-4-6-11(9)17-13(8)10(14)7-12(15)16-2/h3-6,10,14H,7H2,1-2H3. The Morgan fingerprint density at radius 1 is 1.47 bits per heavy atom. The highest BCUT2D eigenvalue weighted by Crippen LogP contribution is 2.30. The number of para-hydroxylation sites is 1. The first-order valence-electron chi connectivity index (χ1n) is 5.36. The van der Waals surface area contributed by atoms with E-state index in [1.165, 1.54) is 7.11 Å². The molecular formula is C13H14O4. The van der Waals surface area contributed by atoms with Gasteiger partial charge in [-0.1, -0.05) is 18.2 Å². The summed E-state index contributed by atoms with van der Waals surface area (Å²) in [5.41, 5.74) is 1.57. The summed E-state index contributed by atoms with van der Waals surface area (Å²) in [6.45, 7) is 1.86. The molecule has 0 aliphatic rings. The third kappa shape index (κ3) is 2.17. The number of aryl methyl sites for hydroxylation is 1. The van der Waals surface area contributed by atoms with Crippen LogP contribution in [0.15, 0.2) is 28.7 Å². The third-order valence-electron chi connectivity index (χ3n) is 2.77. The highest BCUT2D eigenvalue weighted by Gasteiger charge is 2.20. The molecule has 1 aromatic heterocycles. The van der Waals surface area contributed by atoms with Gasteiger partial charge in [-0.15, -0.1) is 0 Å². The molecule has 0 spiro atoms. The molecule has 0 radical (unpaired) electrons. The lowest BCUT2D eigenvalue weighted by Crippen LogP contribution is -2.08. The van der Waals surface area contributed by atoms with E-state index < -0.39 is 12.1 Å². The molecule has 2 aromatic rings. The summed E-state index contributed by atoms with van der Waals surface area (Å²) in [6, 6.07) is 7.52. The van der Waals surface area contributed by atoms with Gasteiger partial charge in [-0.2, -0.15) is 0 Å². The molecule has 4 heteroatoms.